The average Bonchev–Trinajstić information content (AvgIpc) is 2.76. The molecule has 1 aromatic carbocycles. The van der Waals surface area contributed by atoms with E-state index in [2.05, 4.69) is 4.98 Å². The lowest BCUT2D eigenvalue weighted by molar-refractivity contribution is -0.137. The van der Waals surface area contributed by atoms with E-state index in [4.69, 9.17) is 0 Å². The van der Waals surface area contributed by atoms with Crippen molar-refractivity contribution in [1.29, 1.82) is 0 Å². The number of aryl methyl sites for hydroxylation is 2. The molecular formula is C13H12F3NOS. The first kappa shape index (κ1) is 14.0. The van der Waals surface area contributed by atoms with Crippen LogP contribution in [0.1, 0.15) is 32.7 Å². The minimum Gasteiger partial charge on any atom is -0.383 e. The van der Waals surface area contributed by atoms with Gasteiger partial charge >= 0.3 is 6.18 Å². The SMILES string of the molecule is Cc1ccc(C(O)c2cnc(C(F)(F)F)s2)c(C)c1. The van der Waals surface area contributed by atoms with Gasteiger partial charge in [-0.15, -0.1) is 11.3 Å². The Labute approximate surface area is 112 Å². The average molecular weight is 287 g/mol. The molecule has 1 unspecified atom stereocenters. The van der Waals surface area contributed by atoms with Crippen LogP contribution in [0.15, 0.2) is 24.4 Å². The molecule has 2 nitrogen and oxygen atoms in total. The summed E-state index contributed by atoms with van der Waals surface area (Å²) in [5.74, 6) is 0. The van der Waals surface area contributed by atoms with Gasteiger partial charge in [-0.3, -0.25) is 0 Å². The van der Waals surface area contributed by atoms with Crippen molar-refractivity contribution in [3.8, 4) is 0 Å². The molecule has 6 heteroatoms. The van der Waals surface area contributed by atoms with E-state index in [9.17, 15) is 18.3 Å². The van der Waals surface area contributed by atoms with E-state index in [1.165, 1.54) is 0 Å². The van der Waals surface area contributed by atoms with Gasteiger partial charge in [0.2, 0.25) is 0 Å². The number of aliphatic hydroxyl groups excluding tert-OH is 1. The van der Waals surface area contributed by atoms with Crippen LogP contribution in [0, 0.1) is 13.8 Å². The smallest absolute Gasteiger partial charge is 0.383 e. The maximum Gasteiger partial charge on any atom is 0.443 e. The molecule has 2 aromatic rings. The highest BCUT2D eigenvalue weighted by Gasteiger charge is 2.35. The first-order valence-electron chi connectivity index (χ1n) is 5.57. The molecule has 19 heavy (non-hydrogen) atoms. The molecule has 0 aliphatic heterocycles. The molecule has 1 aromatic heterocycles. The number of benzene rings is 1. The van der Waals surface area contributed by atoms with Crippen molar-refractivity contribution in [3.05, 3.63) is 51.0 Å². The van der Waals surface area contributed by atoms with E-state index in [-0.39, 0.29) is 4.88 Å². The summed E-state index contributed by atoms with van der Waals surface area (Å²) >= 11 is 0.470. The molecule has 2 rings (SSSR count). The standard InChI is InChI=1S/C13H12F3NOS/c1-7-3-4-9(8(2)5-7)11(18)10-6-17-12(19-10)13(14,15)16/h3-6,11,18H,1-2H3. The van der Waals surface area contributed by atoms with Crippen LogP contribution in [0.3, 0.4) is 0 Å². The third-order valence-electron chi connectivity index (χ3n) is 2.76. The zero-order valence-electron chi connectivity index (χ0n) is 10.3. The predicted octanol–water partition coefficient (Wildman–Crippen LogP) is 3.86. The van der Waals surface area contributed by atoms with Crippen molar-refractivity contribution in [2.45, 2.75) is 26.1 Å². The van der Waals surface area contributed by atoms with Gasteiger partial charge in [-0.05, 0) is 25.0 Å². The van der Waals surface area contributed by atoms with Crippen LogP contribution in [0.2, 0.25) is 0 Å². The van der Waals surface area contributed by atoms with Crippen LogP contribution in [-0.4, -0.2) is 10.1 Å². The number of alkyl halides is 3. The van der Waals surface area contributed by atoms with Gasteiger partial charge in [-0.25, -0.2) is 4.98 Å². The second-order valence-electron chi connectivity index (χ2n) is 4.33. The van der Waals surface area contributed by atoms with Crippen molar-refractivity contribution >= 4 is 11.3 Å². The molecule has 0 spiro atoms. The van der Waals surface area contributed by atoms with Crippen LogP contribution < -0.4 is 0 Å². The third-order valence-corrected chi connectivity index (χ3v) is 3.85. The molecule has 0 saturated heterocycles. The fourth-order valence-corrected chi connectivity index (χ4v) is 2.62. The number of nitrogens with zero attached hydrogens (tertiary/aromatic N) is 1. The van der Waals surface area contributed by atoms with Crippen LogP contribution in [0.5, 0.6) is 0 Å². The first-order chi connectivity index (χ1) is 8.79. The fraction of sp³-hybridized carbons (Fsp3) is 0.308. The summed E-state index contributed by atoms with van der Waals surface area (Å²) in [7, 11) is 0. The second kappa shape index (κ2) is 4.94. The number of aromatic nitrogens is 1. The Morgan fingerprint density at radius 3 is 2.47 bits per heavy atom. The topological polar surface area (TPSA) is 33.1 Å². The highest BCUT2D eigenvalue weighted by atomic mass is 32.1. The highest BCUT2D eigenvalue weighted by Crippen LogP contribution is 2.36. The molecule has 0 aliphatic rings. The van der Waals surface area contributed by atoms with Crippen LogP contribution in [0.4, 0.5) is 13.2 Å². The summed E-state index contributed by atoms with van der Waals surface area (Å²) in [5, 5.41) is 9.21. The lowest BCUT2D eigenvalue weighted by atomic mass is 10.0. The minimum atomic E-state index is -4.47. The summed E-state index contributed by atoms with van der Waals surface area (Å²) in [6.45, 7) is 3.73. The Balaban J connectivity index is 2.34. The molecule has 1 N–H and O–H groups in total. The van der Waals surface area contributed by atoms with E-state index in [0.29, 0.717) is 16.9 Å². The lowest BCUT2D eigenvalue weighted by Gasteiger charge is -2.12. The predicted molar refractivity (Wildman–Crippen MR) is 67.1 cm³/mol. The zero-order valence-corrected chi connectivity index (χ0v) is 11.1. The van der Waals surface area contributed by atoms with Crippen molar-refractivity contribution in [2.75, 3.05) is 0 Å². The van der Waals surface area contributed by atoms with Gasteiger partial charge in [0.25, 0.3) is 0 Å². The monoisotopic (exact) mass is 287 g/mol. The summed E-state index contributed by atoms with van der Waals surface area (Å²) < 4.78 is 37.4. The molecule has 0 saturated carbocycles. The summed E-state index contributed by atoms with van der Waals surface area (Å²) in [6, 6.07) is 5.42. The molecule has 0 aliphatic carbocycles. The maximum absolute atomic E-state index is 12.5. The largest absolute Gasteiger partial charge is 0.443 e. The molecule has 1 heterocycles. The molecule has 0 radical (unpaired) electrons. The number of halogens is 3. The van der Waals surface area contributed by atoms with Crippen molar-refractivity contribution < 1.29 is 18.3 Å². The fourth-order valence-electron chi connectivity index (χ4n) is 1.83. The quantitative estimate of drug-likeness (QED) is 0.909. The second-order valence-corrected chi connectivity index (χ2v) is 5.39. The normalized spacial score (nSPS) is 13.6. The van der Waals surface area contributed by atoms with Crippen molar-refractivity contribution in [1.82, 2.24) is 4.98 Å². The number of hydrogen-bond donors (Lipinski definition) is 1. The van der Waals surface area contributed by atoms with E-state index < -0.39 is 17.3 Å². The number of rotatable bonds is 2. The molecular weight excluding hydrogens is 275 g/mol. The minimum absolute atomic E-state index is 0.194. The Morgan fingerprint density at radius 2 is 1.95 bits per heavy atom. The number of thiazole rings is 1. The third kappa shape index (κ3) is 2.96. The van der Waals surface area contributed by atoms with Gasteiger partial charge < -0.3 is 5.11 Å². The lowest BCUT2D eigenvalue weighted by Crippen LogP contribution is -2.03. The number of hydrogen-bond acceptors (Lipinski definition) is 3. The highest BCUT2D eigenvalue weighted by molar-refractivity contribution is 7.11. The van der Waals surface area contributed by atoms with E-state index >= 15 is 0 Å². The van der Waals surface area contributed by atoms with Gasteiger partial charge in [-0.2, -0.15) is 13.2 Å². The van der Waals surface area contributed by atoms with Crippen molar-refractivity contribution in [2.24, 2.45) is 0 Å². The Hall–Kier alpha value is -1.40. The maximum atomic E-state index is 12.5. The van der Waals surface area contributed by atoms with Gasteiger partial charge in [0, 0.05) is 6.20 Å². The molecule has 0 fully saturated rings. The Morgan fingerprint density at radius 1 is 1.26 bits per heavy atom. The van der Waals surface area contributed by atoms with Gasteiger partial charge in [-0.1, -0.05) is 23.8 Å². The summed E-state index contributed by atoms with van der Waals surface area (Å²) in [5.41, 5.74) is 2.48. The summed E-state index contributed by atoms with van der Waals surface area (Å²) in [6.07, 6.45) is -4.46. The molecule has 1 atom stereocenters. The molecule has 0 amide bonds. The first-order valence-corrected chi connectivity index (χ1v) is 6.39. The molecule has 0 bridgehead atoms. The zero-order chi connectivity index (χ0) is 14.2. The Kier molecular flexibility index (Phi) is 3.64. The molecule has 102 valence electrons. The van der Waals surface area contributed by atoms with E-state index in [1.807, 2.05) is 26.0 Å². The van der Waals surface area contributed by atoms with Crippen LogP contribution in [-0.2, 0) is 6.18 Å². The van der Waals surface area contributed by atoms with Crippen LogP contribution >= 0.6 is 11.3 Å². The Bertz CT molecular complexity index is 592. The van der Waals surface area contributed by atoms with Crippen LogP contribution in [0.25, 0.3) is 0 Å². The van der Waals surface area contributed by atoms with Gasteiger partial charge in [0.05, 0.1) is 4.88 Å². The van der Waals surface area contributed by atoms with E-state index in [0.717, 1.165) is 17.3 Å². The van der Waals surface area contributed by atoms with Gasteiger partial charge in [0.1, 0.15) is 6.10 Å². The van der Waals surface area contributed by atoms with E-state index in [1.54, 1.807) is 6.07 Å². The van der Waals surface area contributed by atoms with Gasteiger partial charge in [0.15, 0.2) is 5.01 Å². The number of aliphatic hydroxyl groups is 1. The summed E-state index contributed by atoms with van der Waals surface area (Å²) in [4.78, 5) is 3.51. The van der Waals surface area contributed by atoms with Crippen molar-refractivity contribution in [3.63, 3.8) is 0 Å².